The Hall–Kier alpha value is -0.980. The summed E-state index contributed by atoms with van der Waals surface area (Å²) in [6.07, 6.45) is 11.2. The molecular weight excluding hydrogens is 304 g/mol. The molecule has 5 heteroatoms. The average Bonchev–Trinajstić information content (AvgIpc) is 2.58. The molecule has 1 aliphatic rings. The molecular formula is C19H34N2O3. The summed E-state index contributed by atoms with van der Waals surface area (Å²) in [7, 11) is 1.71. The van der Waals surface area contributed by atoms with E-state index in [0.29, 0.717) is 25.9 Å². The number of nitrogens with one attached hydrogen (secondary N) is 2. The summed E-state index contributed by atoms with van der Waals surface area (Å²) in [6, 6.07) is 0.296. The summed E-state index contributed by atoms with van der Waals surface area (Å²) < 4.78 is 11.0. The zero-order valence-electron chi connectivity index (χ0n) is 15.4. The van der Waals surface area contributed by atoms with E-state index in [1.165, 1.54) is 11.1 Å². The molecule has 0 amide bonds. The first-order valence-electron chi connectivity index (χ1n) is 8.88. The maximum atomic E-state index is 9.25. The van der Waals surface area contributed by atoms with Gasteiger partial charge in [-0.25, -0.2) is 0 Å². The third-order valence-corrected chi connectivity index (χ3v) is 3.94. The highest BCUT2D eigenvalue weighted by Gasteiger charge is 2.06. The van der Waals surface area contributed by atoms with Crippen LogP contribution in [0.15, 0.2) is 35.5 Å². The van der Waals surface area contributed by atoms with E-state index in [9.17, 15) is 5.11 Å². The number of hydrogen-bond donors (Lipinski definition) is 3. The van der Waals surface area contributed by atoms with Gasteiger partial charge in [-0.3, -0.25) is 5.32 Å². The van der Waals surface area contributed by atoms with Gasteiger partial charge in [0.25, 0.3) is 0 Å². The fraction of sp³-hybridized carbons (Fsp3) is 0.684. The van der Waals surface area contributed by atoms with Crippen LogP contribution in [0.4, 0.5) is 0 Å². The van der Waals surface area contributed by atoms with Crippen LogP contribution in [0.1, 0.15) is 33.1 Å². The van der Waals surface area contributed by atoms with E-state index in [-0.39, 0.29) is 0 Å². The van der Waals surface area contributed by atoms with Crippen LogP contribution in [-0.2, 0) is 9.47 Å². The van der Waals surface area contributed by atoms with Crippen molar-refractivity contribution in [3.8, 4) is 0 Å². The van der Waals surface area contributed by atoms with Crippen LogP contribution >= 0.6 is 0 Å². The van der Waals surface area contributed by atoms with Crippen LogP contribution in [0.3, 0.4) is 0 Å². The molecule has 0 bridgehead atoms. The Bertz CT molecular complexity index is 419. The van der Waals surface area contributed by atoms with Crippen molar-refractivity contribution in [3.63, 3.8) is 0 Å². The van der Waals surface area contributed by atoms with Gasteiger partial charge in [0.2, 0.25) is 0 Å². The fourth-order valence-electron chi connectivity index (χ4n) is 2.29. The van der Waals surface area contributed by atoms with Gasteiger partial charge in [0.05, 0.1) is 13.2 Å². The van der Waals surface area contributed by atoms with Gasteiger partial charge < -0.3 is 19.9 Å². The molecule has 2 atom stereocenters. The summed E-state index contributed by atoms with van der Waals surface area (Å²) in [5.41, 5.74) is 2.71. The van der Waals surface area contributed by atoms with Crippen molar-refractivity contribution < 1.29 is 14.6 Å². The van der Waals surface area contributed by atoms with E-state index in [0.717, 1.165) is 32.4 Å². The van der Waals surface area contributed by atoms with Gasteiger partial charge >= 0.3 is 0 Å². The monoisotopic (exact) mass is 338 g/mol. The molecule has 0 radical (unpaired) electrons. The van der Waals surface area contributed by atoms with Crippen LogP contribution in [-0.4, -0.2) is 57.4 Å². The van der Waals surface area contributed by atoms with Crippen LogP contribution < -0.4 is 10.6 Å². The first-order valence-corrected chi connectivity index (χ1v) is 8.88. The molecule has 0 aromatic heterocycles. The largest absolute Gasteiger partial charge is 0.380 e. The summed E-state index contributed by atoms with van der Waals surface area (Å²) >= 11 is 0. The first kappa shape index (κ1) is 21.1. The molecule has 24 heavy (non-hydrogen) atoms. The number of unbranched alkanes of at least 4 members (excludes halogenated alkanes) is 1. The number of aliphatic hydroxyl groups excluding tert-OH is 1. The van der Waals surface area contributed by atoms with E-state index in [2.05, 4.69) is 48.8 Å². The highest BCUT2D eigenvalue weighted by atomic mass is 16.5. The van der Waals surface area contributed by atoms with Gasteiger partial charge in [-0.1, -0.05) is 35.5 Å². The molecule has 138 valence electrons. The topological polar surface area (TPSA) is 62.8 Å². The molecule has 0 fully saturated rings. The molecule has 5 nitrogen and oxygen atoms in total. The van der Waals surface area contributed by atoms with Gasteiger partial charge in [-0.05, 0) is 40.2 Å². The second-order valence-electron chi connectivity index (χ2n) is 6.19. The highest BCUT2D eigenvalue weighted by Crippen LogP contribution is 2.11. The number of likely N-dealkylation sites (N-methyl/N-ethyl adjacent to an activating group) is 1. The van der Waals surface area contributed by atoms with Crippen molar-refractivity contribution in [3.05, 3.63) is 35.5 Å². The highest BCUT2D eigenvalue weighted by molar-refractivity contribution is 5.27. The van der Waals surface area contributed by atoms with Gasteiger partial charge in [0, 0.05) is 25.8 Å². The number of hydrogen-bond acceptors (Lipinski definition) is 5. The van der Waals surface area contributed by atoms with Crippen molar-refractivity contribution >= 4 is 0 Å². The molecule has 1 rings (SSSR count). The molecule has 3 N–H and O–H groups in total. The quantitative estimate of drug-likeness (QED) is 0.289. The van der Waals surface area contributed by atoms with Gasteiger partial charge in [-0.15, -0.1) is 0 Å². The van der Waals surface area contributed by atoms with Crippen molar-refractivity contribution in [1.29, 1.82) is 0 Å². The minimum Gasteiger partial charge on any atom is -0.380 e. The maximum absolute atomic E-state index is 9.25. The minimum absolute atomic E-state index is 0.296. The smallest absolute Gasteiger partial charge is 0.128 e. The molecule has 0 aromatic carbocycles. The third-order valence-electron chi connectivity index (χ3n) is 3.94. The standard InChI is InChI=1S/C19H34N2O3/c1-16-7-6-8-18(17(2)10-9-16)21-11-14-23-12-4-5-13-24-15-19(22)20-3/h6,8-10,18-22H,4-5,7,11-15H2,1-3H3/b8-6-,16-9-,17-10+. The Labute approximate surface area is 146 Å². The summed E-state index contributed by atoms with van der Waals surface area (Å²) in [5, 5.41) is 15.5. The van der Waals surface area contributed by atoms with Crippen LogP contribution in [0, 0.1) is 0 Å². The zero-order valence-corrected chi connectivity index (χ0v) is 15.4. The lowest BCUT2D eigenvalue weighted by Gasteiger charge is -2.17. The Morgan fingerprint density at radius 2 is 1.92 bits per heavy atom. The normalized spacial score (nSPS) is 25.1. The predicted molar refractivity (Wildman–Crippen MR) is 99.0 cm³/mol. The molecule has 0 saturated heterocycles. The Balaban J connectivity index is 2.00. The molecule has 2 unspecified atom stereocenters. The number of rotatable bonds is 12. The predicted octanol–water partition coefficient (Wildman–Crippen LogP) is 2.15. The maximum Gasteiger partial charge on any atom is 0.128 e. The molecule has 0 heterocycles. The van der Waals surface area contributed by atoms with E-state index in [1.807, 2.05) is 0 Å². The minimum atomic E-state index is -0.577. The van der Waals surface area contributed by atoms with Crippen molar-refractivity contribution in [2.45, 2.75) is 45.4 Å². The van der Waals surface area contributed by atoms with Gasteiger partial charge in [-0.2, -0.15) is 0 Å². The first-order chi connectivity index (χ1) is 11.6. The van der Waals surface area contributed by atoms with Crippen LogP contribution in [0.25, 0.3) is 0 Å². The van der Waals surface area contributed by atoms with E-state index >= 15 is 0 Å². The zero-order chi connectivity index (χ0) is 17.6. The van der Waals surface area contributed by atoms with E-state index in [4.69, 9.17) is 9.47 Å². The van der Waals surface area contributed by atoms with E-state index < -0.39 is 6.23 Å². The van der Waals surface area contributed by atoms with Crippen molar-refractivity contribution in [1.82, 2.24) is 10.6 Å². The van der Waals surface area contributed by atoms with Gasteiger partial charge in [0.1, 0.15) is 6.23 Å². The molecule has 0 aliphatic heterocycles. The SMILES string of the molecule is CNC(O)COCCCCOCCNC1/C=C\C/C(C)=C\C=C\1C. The lowest BCUT2D eigenvalue weighted by molar-refractivity contribution is 0.0195. The van der Waals surface area contributed by atoms with Crippen LogP contribution in [0.2, 0.25) is 0 Å². The lowest BCUT2D eigenvalue weighted by atomic mass is 10.0. The Kier molecular flexibility index (Phi) is 11.7. The number of allylic oxidation sites excluding steroid dienone is 4. The number of ether oxygens (including phenoxy) is 2. The Morgan fingerprint density at radius 3 is 2.67 bits per heavy atom. The second-order valence-corrected chi connectivity index (χ2v) is 6.19. The summed E-state index contributed by atoms with van der Waals surface area (Å²) in [6.45, 7) is 7.60. The average molecular weight is 338 g/mol. The molecule has 1 aliphatic carbocycles. The van der Waals surface area contributed by atoms with Gasteiger partial charge in [0.15, 0.2) is 0 Å². The molecule has 0 saturated carbocycles. The number of aliphatic hydroxyl groups is 1. The van der Waals surface area contributed by atoms with Crippen molar-refractivity contribution in [2.24, 2.45) is 0 Å². The molecule has 0 spiro atoms. The van der Waals surface area contributed by atoms with Crippen LogP contribution in [0.5, 0.6) is 0 Å². The lowest BCUT2D eigenvalue weighted by Crippen LogP contribution is -2.31. The summed E-state index contributed by atoms with van der Waals surface area (Å²) in [5.74, 6) is 0. The van der Waals surface area contributed by atoms with E-state index in [1.54, 1.807) is 7.05 Å². The molecule has 0 aromatic rings. The summed E-state index contributed by atoms with van der Waals surface area (Å²) in [4.78, 5) is 0. The third kappa shape index (κ3) is 10.0. The second kappa shape index (κ2) is 13.3. The van der Waals surface area contributed by atoms with Crippen molar-refractivity contribution in [2.75, 3.05) is 40.0 Å². The fourth-order valence-corrected chi connectivity index (χ4v) is 2.29. The Morgan fingerprint density at radius 1 is 1.17 bits per heavy atom.